The van der Waals surface area contributed by atoms with Crippen LogP contribution in [0.15, 0.2) is 85.2 Å². The number of nitrogens with zero attached hydrogens (tertiary/aromatic N) is 3. The Morgan fingerprint density at radius 2 is 1.20 bits per heavy atom. The van der Waals surface area contributed by atoms with Crippen molar-refractivity contribution < 1.29 is 9.59 Å². The molecular formula is C25H27N3O2. The quantitative estimate of drug-likeness (QED) is 0.541. The minimum Gasteiger partial charge on any atom is -0.334 e. The first kappa shape index (κ1) is 21.2. The highest BCUT2D eigenvalue weighted by molar-refractivity contribution is 6.34. The first-order valence-electron chi connectivity index (χ1n) is 10.2. The van der Waals surface area contributed by atoms with E-state index >= 15 is 0 Å². The molecule has 0 N–H and O–H groups in total. The highest BCUT2D eigenvalue weighted by Crippen LogP contribution is 2.12. The molecule has 0 aliphatic heterocycles. The standard InChI is InChI=1S/C25H27N3O2/c1-2-27(18-15-21-13-16-26-17-14-21)24(29)25(30)28(19-22-9-5-3-6-10-22)20-23-11-7-4-8-12-23/h3-14,16-17H,2,15,18-20H2,1H3. The van der Waals surface area contributed by atoms with Crippen molar-refractivity contribution in [3.8, 4) is 0 Å². The molecule has 154 valence electrons. The molecule has 3 aromatic rings. The second-order valence-corrected chi connectivity index (χ2v) is 7.12. The van der Waals surface area contributed by atoms with Crippen molar-refractivity contribution in [2.75, 3.05) is 13.1 Å². The van der Waals surface area contributed by atoms with Crippen LogP contribution in [0.1, 0.15) is 23.6 Å². The van der Waals surface area contributed by atoms with Gasteiger partial charge in [-0.25, -0.2) is 0 Å². The summed E-state index contributed by atoms with van der Waals surface area (Å²) < 4.78 is 0. The maximum atomic E-state index is 13.2. The van der Waals surface area contributed by atoms with E-state index in [9.17, 15) is 9.59 Å². The molecule has 1 aromatic heterocycles. The van der Waals surface area contributed by atoms with Crippen LogP contribution >= 0.6 is 0 Å². The van der Waals surface area contributed by atoms with Gasteiger partial charge in [-0.15, -0.1) is 0 Å². The number of aromatic nitrogens is 1. The van der Waals surface area contributed by atoms with E-state index in [4.69, 9.17) is 0 Å². The second kappa shape index (κ2) is 10.9. The third kappa shape index (κ3) is 6.01. The van der Waals surface area contributed by atoms with E-state index in [0.29, 0.717) is 32.6 Å². The van der Waals surface area contributed by atoms with Crippen LogP contribution in [0.3, 0.4) is 0 Å². The van der Waals surface area contributed by atoms with Gasteiger partial charge >= 0.3 is 11.8 Å². The molecule has 30 heavy (non-hydrogen) atoms. The van der Waals surface area contributed by atoms with Crippen LogP contribution in [0.2, 0.25) is 0 Å². The van der Waals surface area contributed by atoms with Gasteiger partial charge in [0.1, 0.15) is 0 Å². The molecule has 0 aliphatic rings. The van der Waals surface area contributed by atoms with E-state index < -0.39 is 11.8 Å². The van der Waals surface area contributed by atoms with Gasteiger partial charge in [0.2, 0.25) is 0 Å². The molecule has 2 aromatic carbocycles. The fourth-order valence-electron chi connectivity index (χ4n) is 3.29. The molecular weight excluding hydrogens is 374 g/mol. The SMILES string of the molecule is CCN(CCc1ccncc1)C(=O)C(=O)N(Cc1ccccc1)Cc1ccccc1. The lowest BCUT2D eigenvalue weighted by atomic mass is 10.1. The largest absolute Gasteiger partial charge is 0.334 e. The van der Waals surface area contributed by atoms with Crippen LogP contribution in [-0.2, 0) is 29.1 Å². The molecule has 0 aliphatic carbocycles. The zero-order valence-electron chi connectivity index (χ0n) is 17.3. The number of hydrogen-bond acceptors (Lipinski definition) is 3. The van der Waals surface area contributed by atoms with Gasteiger partial charge in [0.25, 0.3) is 0 Å². The van der Waals surface area contributed by atoms with Crippen LogP contribution in [0.4, 0.5) is 0 Å². The predicted octanol–water partition coefficient (Wildman–Crippen LogP) is 3.70. The van der Waals surface area contributed by atoms with Gasteiger partial charge in [-0.05, 0) is 42.2 Å². The molecule has 0 saturated heterocycles. The van der Waals surface area contributed by atoms with Crippen molar-refractivity contribution in [3.05, 3.63) is 102 Å². The Kier molecular flexibility index (Phi) is 7.72. The van der Waals surface area contributed by atoms with Gasteiger partial charge in [0.15, 0.2) is 0 Å². The highest BCUT2D eigenvalue weighted by Gasteiger charge is 2.26. The van der Waals surface area contributed by atoms with Gasteiger partial charge in [-0.1, -0.05) is 60.7 Å². The molecule has 0 saturated carbocycles. The monoisotopic (exact) mass is 401 g/mol. The van der Waals surface area contributed by atoms with E-state index in [-0.39, 0.29) is 0 Å². The fourth-order valence-corrected chi connectivity index (χ4v) is 3.29. The van der Waals surface area contributed by atoms with Crippen molar-refractivity contribution in [3.63, 3.8) is 0 Å². The molecule has 0 spiro atoms. The molecule has 0 fully saturated rings. The van der Waals surface area contributed by atoms with Gasteiger partial charge < -0.3 is 9.80 Å². The normalized spacial score (nSPS) is 10.4. The summed E-state index contributed by atoms with van der Waals surface area (Å²) in [6, 6.07) is 23.4. The molecule has 2 amide bonds. The van der Waals surface area contributed by atoms with E-state index in [2.05, 4.69) is 4.98 Å². The number of benzene rings is 2. The maximum Gasteiger partial charge on any atom is 0.312 e. The Bertz CT molecular complexity index is 889. The van der Waals surface area contributed by atoms with Crippen LogP contribution in [-0.4, -0.2) is 39.7 Å². The van der Waals surface area contributed by atoms with Crippen LogP contribution in [0, 0.1) is 0 Å². The van der Waals surface area contributed by atoms with E-state index in [1.807, 2.05) is 79.7 Å². The summed E-state index contributed by atoms with van der Waals surface area (Å²) in [6.45, 7) is 3.66. The van der Waals surface area contributed by atoms with Gasteiger partial charge in [0.05, 0.1) is 0 Å². The summed E-state index contributed by atoms with van der Waals surface area (Å²) in [5.41, 5.74) is 3.08. The number of pyridine rings is 1. The number of carbonyl (C=O) groups excluding carboxylic acids is 2. The molecule has 5 nitrogen and oxygen atoms in total. The number of rotatable bonds is 8. The summed E-state index contributed by atoms with van der Waals surface area (Å²) in [5.74, 6) is -0.933. The van der Waals surface area contributed by atoms with Gasteiger partial charge in [-0.2, -0.15) is 0 Å². The number of carbonyl (C=O) groups is 2. The zero-order valence-corrected chi connectivity index (χ0v) is 17.3. The first-order valence-corrected chi connectivity index (χ1v) is 10.2. The third-order valence-corrected chi connectivity index (χ3v) is 4.99. The molecule has 5 heteroatoms. The van der Waals surface area contributed by atoms with Crippen LogP contribution in [0.5, 0.6) is 0 Å². The lowest BCUT2D eigenvalue weighted by Crippen LogP contribution is -2.45. The van der Waals surface area contributed by atoms with Crippen molar-refractivity contribution in [1.82, 2.24) is 14.8 Å². The van der Waals surface area contributed by atoms with E-state index in [1.54, 1.807) is 22.2 Å². The lowest BCUT2D eigenvalue weighted by Gasteiger charge is -2.27. The molecule has 1 heterocycles. The van der Waals surface area contributed by atoms with E-state index in [1.165, 1.54) is 0 Å². The average molecular weight is 402 g/mol. The fraction of sp³-hybridized carbons (Fsp3) is 0.240. The smallest absolute Gasteiger partial charge is 0.312 e. The summed E-state index contributed by atoms with van der Waals surface area (Å²) in [6.07, 6.45) is 4.16. The summed E-state index contributed by atoms with van der Waals surface area (Å²) in [5, 5.41) is 0. The van der Waals surface area contributed by atoms with Crippen LogP contribution in [0.25, 0.3) is 0 Å². The molecule has 0 radical (unpaired) electrons. The summed E-state index contributed by atoms with van der Waals surface area (Å²) in [4.78, 5) is 33.5. The Hall–Kier alpha value is -3.47. The lowest BCUT2D eigenvalue weighted by molar-refractivity contribution is -0.152. The predicted molar refractivity (Wildman–Crippen MR) is 117 cm³/mol. The third-order valence-electron chi connectivity index (χ3n) is 4.99. The summed E-state index contributed by atoms with van der Waals surface area (Å²) in [7, 11) is 0. The highest BCUT2D eigenvalue weighted by atomic mass is 16.2. The molecule has 0 unspecified atom stereocenters. The van der Waals surface area contributed by atoms with Crippen molar-refractivity contribution in [1.29, 1.82) is 0 Å². The number of hydrogen-bond donors (Lipinski definition) is 0. The van der Waals surface area contributed by atoms with Crippen molar-refractivity contribution in [2.24, 2.45) is 0 Å². The average Bonchev–Trinajstić information content (AvgIpc) is 2.80. The molecule has 0 bridgehead atoms. The zero-order chi connectivity index (χ0) is 21.2. The van der Waals surface area contributed by atoms with Gasteiger partial charge in [0, 0.05) is 38.6 Å². The molecule has 0 atom stereocenters. The topological polar surface area (TPSA) is 53.5 Å². The minimum absolute atomic E-state index is 0.391. The van der Waals surface area contributed by atoms with Crippen molar-refractivity contribution >= 4 is 11.8 Å². The Labute approximate surface area is 178 Å². The Balaban J connectivity index is 1.73. The van der Waals surface area contributed by atoms with Crippen molar-refractivity contribution in [2.45, 2.75) is 26.4 Å². The maximum absolute atomic E-state index is 13.2. The Morgan fingerprint density at radius 3 is 1.70 bits per heavy atom. The van der Waals surface area contributed by atoms with E-state index in [0.717, 1.165) is 16.7 Å². The van der Waals surface area contributed by atoms with Gasteiger partial charge in [-0.3, -0.25) is 14.6 Å². The summed E-state index contributed by atoms with van der Waals surface area (Å²) >= 11 is 0. The number of amides is 2. The minimum atomic E-state index is -0.473. The first-order chi connectivity index (χ1) is 14.7. The molecule has 3 rings (SSSR count). The second-order valence-electron chi connectivity index (χ2n) is 7.12. The Morgan fingerprint density at radius 1 is 0.700 bits per heavy atom. The number of likely N-dealkylation sites (N-methyl/N-ethyl adjacent to an activating group) is 1. The van der Waals surface area contributed by atoms with Crippen LogP contribution < -0.4 is 0 Å².